The average molecular weight is 925 g/mol. The van der Waals surface area contributed by atoms with Crippen LogP contribution in [0.2, 0.25) is 0 Å². The lowest BCUT2D eigenvalue weighted by molar-refractivity contribution is 0.353. The molecule has 0 radical (unpaired) electrons. The van der Waals surface area contributed by atoms with Crippen LogP contribution in [0.3, 0.4) is 0 Å². The summed E-state index contributed by atoms with van der Waals surface area (Å²) in [6.07, 6.45) is 6.22. The topological polar surface area (TPSA) is 9.86 Å². The number of aromatic nitrogens is 2. The summed E-state index contributed by atoms with van der Waals surface area (Å²) < 4.78 is 4.73. The molecule has 0 unspecified atom stereocenters. The molecular weight excluding hydrogens is 869 g/mol. The van der Waals surface area contributed by atoms with Gasteiger partial charge in [-0.05, 0) is 184 Å². The zero-order chi connectivity index (χ0) is 48.2. The van der Waals surface area contributed by atoms with Crippen molar-refractivity contribution in [3.05, 3.63) is 203 Å². The third-order valence-corrected chi connectivity index (χ3v) is 19.1. The van der Waals surface area contributed by atoms with E-state index < -0.39 is 0 Å². The number of nitrogens with zero attached hydrogens (tertiary/aromatic N) is 2. The fourth-order valence-electron chi connectivity index (χ4n) is 15.6. The number of para-hydroxylation sites is 2. The molecule has 0 bridgehead atoms. The van der Waals surface area contributed by atoms with Crippen LogP contribution in [-0.2, 0) is 30.3 Å². The van der Waals surface area contributed by atoms with Crippen LogP contribution in [0.25, 0.3) is 121 Å². The first-order valence-electron chi connectivity index (χ1n) is 26.5. The second-order valence-electron chi connectivity index (χ2n) is 23.1. The Balaban J connectivity index is 0.910. The van der Waals surface area contributed by atoms with Gasteiger partial charge in [-0.1, -0.05) is 156 Å². The molecule has 2 heteroatoms. The Morgan fingerprint density at radius 2 is 0.667 bits per heavy atom. The van der Waals surface area contributed by atoms with Crippen molar-refractivity contribution in [1.29, 1.82) is 0 Å². The van der Waals surface area contributed by atoms with E-state index in [0.717, 1.165) is 0 Å². The Morgan fingerprint density at radius 1 is 0.306 bits per heavy atom. The molecule has 1 saturated carbocycles. The van der Waals surface area contributed by atoms with E-state index in [9.17, 15) is 0 Å². The van der Waals surface area contributed by atoms with Gasteiger partial charge in [-0.2, -0.15) is 0 Å². The van der Waals surface area contributed by atoms with Gasteiger partial charge in [-0.3, -0.25) is 0 Å². The van der Waals surface area contributed by atoms with Crippen molar-refractivity contribution in [2.24, 2.45) is 14.1 Å². The van der Waals surface area contributed by atoms with Gasteiger partial charge in [-0.25, -0.2) is 0 Å². The maximum Gasteiger partial charge on any atom is 0.0495 e. The molecule has 16 rings (SSSR count). The zero-order valence-corrected chi connectivity index (χ0v) is 42.1. The Morgan fingerprint density at radius 3 is 1.11 bits per heavy atom. The van der Waals surface area contributed by atoms with Crippen LogP contribution in [0.15, 0.2) is 170 Å². The minimum absolute atomic E-state index is 0.0215. The van der Waals surface area contributed by atoms with Gasteiger partial charge in [0.15, 0.2) is 0 Å². The van der Waals surface area contributed by atoms with Crippen molar-refractivity contribution in [2.45, 2.75) is 76.0 Å². The molecule has 4 aliphatic carbocycles. The normalized spacial score (nSPS) is 16.5. The van der Waals surface area contributed by atoms with E-state index in [0.29, 0.717) is 0 Å². The van der Waals surface area contributed by atoms with Gasteiger partial charge in [0.2, 0.25) is 0 Å². The lowest BCUT2D eigenvalue weighted by atomic mass is 9.67. The highest BCUT2D eigenvalue weighted by atomic mass is 14.9. The molecule has 0 aliphatic heterocycles. The molecule has 1 fully saturated rings. The molecule has 1 spiro atoms. The summed E-state index contributed by atoms with van der Waals surface area (Å²) in [5, 5.41) is 10.7. The minimum atomic E-state index is -0.206. The zero-order valence-electron chi connectivity index (χ0n) is 42.1. The van der Waals surface area contributed by atoms with Gasteiger partial charge in [0.1, 0.15) is 0 Å². The van der Waals surface area contributed by atoms with E-state index in [2.05, 4.69) is 221 Å². The van der Waals surface area contributed by atoms with Crippen LogP contribution >= 0.6 is 0 Å². The smallest absolute Gasteiger partial charge is 0.0495 e. The van der Waals surface area contributed by atoms with Crippen LogP contribution in [0.4, 0.5) is 0 Å². The molecule has 0 amide bonds. The Kier molecular flexibility index (Phi) is 7.88. The molecule has 2 heterocycles. The van der Waals surface area contributed by atoms with E-state index >= 15 is 0 Å². The van der Waals surface area contributed by atoms with Crippen molar-refractivity contribution in [1.82, 2.24) is 9.13 Å². The number of rotatable bonds is 2. The number of hydrogen-bond acceptors (Lipinski definition) is 0. The summed E-state index contributed by atoms with van der Waals surface area (Å²) in [6, 6.07) is 66.3. The van der Waals surface area contributed by atoms with Gasteiger partial charge < -0.3 is 9.13 Å². The van der Waals surface area contributed by atoms with Crippen molar-refractivity contribution >= 4 is 65.2 Å². The minimum Gasteiger partial charge on any atom is -0.344 e. The highest BCUT2D eigenvalue weighted by Gasteiger charge is 2.49. The number of hydrogen-bond donors (Lipinski definition) is 0. The molecular formula is C70H56N2. The third-order valence-electron chi connectivity index (χ3n) is 19.1. The highest BCUT2D eigenvalue weighted by molar-refractivity contribution is 6.21. The van der Waals surface area contributed by atoms with E-state index in [1.165, 1.54) is 175 Å². The van der Waals surface area contributed by atoms with Crippen molar-refractivity contribution in [3.8, 4) is 55.6 Å². The molecule has 0 saturated heterocycles. The molecule has 2 nitrogen and oxygen atoms in total. The predicted octanol–water partition coefficient (Wildman–Crippen LogP) is 18.5. The van der Waals surface area contributed by atoms with Gasteiger partial charge in [0, 0.05) is 74.0 Å². The summed E-state index contributed by atoms with van der Waals surface area (Å²) in [6.45, 7) is 9.99. The molecule has 72 heavy (non-hydrogen) atoms. The largest absolute Gasteiger partial charge is 0.344 e. The van der Waals surface area contributed by atoms with E-state index in [4.69, 9.17) is 0 Å². The first-order valence-corrected chi connectivity index (χ1v) is 26.5. The molecule has 0 atom stereocenters. The van der Waals surface area contributed by atoms with Crippen LogP contribution in [-0.4, -0.2) is 9.13 Å². The molecule has 2 aromatic heterocycles. The van der Waals surface area contributed by atoms with E-state index in [-0.39, 0.29) is 16.2 Å². The van der Waals surface area contributed by atoms with Crippen molar-refractivity contribution in [3.63, 3.8) is 0 Å². The average Bonchev–Trinajstić information content (AvgIpc) is 4.10. The predicted molar refractivity (Wildman–Crippen MR) is 305 cm³/mol. The first kappa shape index (κ1) is 41.0. The Bertz CT molecular complexity index is 4160. The monoisotopic (exact) mass is 924 g/mol. The van der Waals surface area contributed by atoms with Gasteiger partial charge in [0.25, 0.3) is 0 Å². The second kappa shape index (κ2) is 13.8. The summed E-state index contributed by atoms with van der Waals surface area (Å²) in [5.74, 6) is 0. The van der Waals surface area contributed by atoms with Crippen LogP contribution < -0.4 is 0 Å². The summed E-state index contributed by atoms with van der Waals surface area (Å²) in [4.78, 5) is 0. The summed E-state index contributed by atoms with van der Waals surface area (Å²) in [7, 11) is 4.43. The number of benzene rings is 10. The lowest BCUT2D eigenvalue weighted by Gasteiger charge is -2.36. The maximum absolute atomic E-state index is 2.72. The van der Waals surface area contributed by atoms with E-state index in [1.54, 1.807) is 11.1 Å². The SMILES string of the molecule is Cn1c2ccccc2c2c(-c3cc4c(c5ccccc35)-c3cc5c(cc3C4(C)C)-c3cc4c(cc3C53CCCCC3)-c3c(cc(-c5cccc6c5c5ccccc5n6C)c5ccccc35)C4(C)C)cccc21. The quantitative estimate of drug-likeness (QED) is 0.163. The standard InChI is InChI=1S/C70H56N2/c1-68(2)54-36-50-51-37-55-53(65-43-23-11-9-21-41(43)49(35-59(65)69(55,3)4)45-27-19-31-63-67(45)47-25-13-15-29-61(47)72(63)6)39-57(51)70(32-16-7-17-33-70)56(50)38-52(54)64-42-22-10-8-20-40(42)48(34-58(64)68)44-26-18-30-62-66(44)46-24-12-14-28-60(46)71(62)5/h8-15,18-31,34-39H,7,16-17,32-33H2,1-6H3. The summed E-state index contributed by atoms with van der Waals surface area (Å²) in [5.41, 5.74) is 27.6. The van der Waals surface area contributed by atoms with Gasteiger partial charge >= 0.3 is 0 Å². The van der Waals surface area contributed by atoms with Crippen LogP contribution in [0.1, 0.15) is 93.2 Å². The Hall–Kier alpha value is -7.68. The number of fused-ring (bicyclic) bond motifs is 21. The number of aryl methyl sites for hydroxylation is 2. The fraction of sp³-hybridized carbons (Fsp3) is 0.200. The molecule has 0 N–H and O–H groups in total. The van der Waals surface area contributed by atoms with E-state index in [1.807, 2.05) is 0 Å². The van der Waals surface area contributed by atoms with Gasteiger partial charge in [-0.15, -0.1) is 0 Å². The molecule has 10 aromatic carbocycles. The Labute approximate surface area is 421 Å². The second-order valence-corrected chi connectivity index (χ2v) is 23.1. The van der Waals surface area contributed by atoms with Crippen LogP contribution in [0.5, 0.6) is 0 Å². The summed E-state index contributed by atoms with van der Waals surface area (Å²) >= 11 is 0. The van der Waals surface area contributed by atoms with Gasteiger partial charge in [0.05, 0.1) is 0 Å². The van der Waals surface area contributed by atoms with Crippen LogP contribution in [0, 0.1) is 0 Å². The molecule has 4 aliphatic rings. The molecule has 12 aromatic rings. The molecule has 346 valence electrons. The van der Waals surface area contributed by atoms with Crippen molar-refractivity contribution < 1.29 is 0 Å². The fourth-order valence-corrected chi connectivity index (χ4v) is 15.6. The third kappa shape index (κ3) is 4.92. The first-order chi connectivity index (χ1) is 35.1. The van der Waals surface area contributed by atoms with Crippen molar-refractivity contribution in [2.75, 3.05) is 0 Å². The maximum atomic E-state index is 2.72. The lowest BCUT2D eigenvalue weighted by Crippen LogP contribution is -2.28. The highest BCUT2D eigenvalue weighted by Crippen LogP contribution is 2.64.